The number of carbonyl (C=O) groups excluding carboxylic acids is 2. The highest BCUT2D eigenvalue weighted by molar-refractivity contribution is 6.06. The average molecular weight is 520 g/mol. The van der Waals surface area contributed by atoms with Gasteiger partial charge < -0.3 is 10.0 Å². The molecule has 4 heteroatoms. The normalized spacial score (nSPS) is 39.4. The summed E-state index contributed by atoms with van der Waals surface area (Å²) in [5.74, 6) is 0.885. The van der Waals surface area contributed by atoms with E-state index in [4.69, 9.17) is 0 Å². The smallest absolute Gasteiger partial charge is 0.228 e. The molecule has 3 fully saturated rings. The molecule has 5 aliphatic rings. The molecule has 1 saturated heterocycles. The summed E-state index contributed by atoms with van der Waals surface area (Å²) >= 11 is 0. The number of fused-ring (bicyclic) bond motifs is 4. The predicted octanol–water partition coefficient (Wildman–Crippen LogP) is 7.87. The lowest BCUT2D eigenvalue weighted by atomic mass is 9.48. The fourth-order valence-corrected chi connectivity index (χ4v) is 8.96. The molecule has 38 heavy (non-hydrogen) atoms. The van der Waals surface area contributed by atoms with Gasteiger partial charge in [0.05, 0.1) is 0 Å². The monoisotopic (exact) mass is 519 g/mol. The van der Waals surface area contributed by atoms with Crippen LogP contribution in [0.3, 0.4) is 0 Å². The van der Waals surface area contributed by atoms with Crippen molar-refractivity contribution in [1.29, 1.82) is 0 Å². The Labute approximate surface area is 230 Å². The molecule has 1 N–H and O–H groups in total. The second kappa shape index (κ2) is 9.24. The summed E-state index contributed by atoms with van der Waals surface area (Å²) in [6.07, 6.45) is 15.8. The molecule has 0 aromatic heterocycles. The lowest BCUT2D eigenvalue weighted by molar-refractivity contribution is -0.149. The van der Waals surface area contributed by atoms with E-state index < -0.39 is 0 Å². The number of aliphatic hydroxyl groups excluding tert-OH is 1. The molecule has 0 bridgehead atoms. The van der Waals surface area contributed by atoms with Crippen LogP contribution in [-0.2, 0) is 9.59 Å². The van der Waals surface area contributed by atoms with E-state index in [1.807, 2.05) is 6.92 Å². The minimum atomic E-state index is -0.269. The van der Waals surface area contributed by atoms with Crippen LogP contribution in [0.1, 0.15) is 106 Å². The van der Waals surface area contributed by atoms with Crippen LogP contribution in [0, 0.1) is 33.5 Å². The van der Waals surface area contributed by atoms with E-state index in [0.29, 0.717) is 23.3 Å². The summed E-state index contributed by atoms with van der Waals surface area (Å²) in [5, 5.41) is 10.4. The molecule has 0 aromatic carbocycles. The highest BCUT2D eigenvalue weighted by Gasteiger charge is 2.55. The maximum atomic E-state index is 13.8. The third-order valence-electron chi connectivity index (χ3n) is 11.8. The third kappa shape index (κ3) is 4.25. The van der Waals surface area contributed by atoms with Crippen LogP contribution in [0.15, 0.2) is 46.3 Å². The third-order valence-corrected chi connectivity index (χ3v) is 11.8. The highest BCUT2D eigenvalue weighted by atomic mass is 16.3. The van der Waals surface area contributed by atoms with E-state index in [-0.39, 0.29) is 33.2 Å². The molecule has 5 atom stereocenters. The maximum Gasteiger partial charge on any atom is 0.228 e. The molecule has 1 amide bonds. The van der Waals surface area contributed by atoms with Gasteiger partial charge in [-0.2, -0.15) is 0 Å². The Balaban J connectivity index is 1.50. The lowest BCUT2D eigenvalue weighted by Crippen LogP contribution is -2.52. The molecular formula is C34H49NO3. The first-order valence-electron chi connectivity index (χ1n) is 15.1. The molecule has 0 unspecified atom stereocenters. The number of ketones is 1. The zero-order chi connectivity index (χ0) is 27.7. The summed E-state index contributed by atoms with van der Waals surface area (Å²) < 4.78 is 0. The summed E-state index contributed by atoms with van der Waals surface area (Å²) in [6.45, 7) is 18.1. The number of nitrogens with zero attached hydrogens (tertiary/aromatic N) is 1. The topological polar surface area (TPSA) is 57.6 Å². The van der Waals surface area contributed by atoms with Gasteiger partial charge in [-0.25, -0.2) is 0 Å². The Morgan fingerprint density at radius 1 is 0.974 bits per heavy atom. The summed E-state index contributed by atoms with van der Waals surface area (Å²) in [4.78, 5) is 28.7. The maximum absolute atomic E-state index is 13.8. The molecule has 0 radical (unpaired) electrons. The first-order valence-corrected chi connectivity index (χ1v) is 15.1. The number of aliphatic hydroxyl groups is 1. The molecule has 1 heterocycles. The van der Waals surface area contributed by atoms with Crippen LogP contribution < -0.4 is 0 Å². The Bertz CT molecular complexity index is 1160. The van der Waals surface area contributed by atoms with Crippen LogP contribution in [0.2, 0.25) is 0 Å². The van der Waals surface area contributed by atoms with Crippen molar-refractivity contribution in [2.45, 2.75) is 106 Å². The molecule has 0 spiro atoms. The van der Waals surface area contributed by atoms with E-state index in [1.54, 1.807) is 6.08 Å². The van der Waals surface area contributed by atoms with Gasteiger partial charge in [0, 0.05) is 29.5 Å². The molecule has 4 nitrogen and oxygen atoms in total. The Kier molecular flexibility index (Phi) is 6.68. The first-order chi connectivity index (χ1) is 17.7. The van der Waals surface area contributed by atoms with Crippen molar-refractivity contribution in [2.75, 3.05) is 13.1 Å². The molecule has 2 saturated carbocycles. The molecule has 1 aliphatic heterocycles. The van der Waals surface area contributed by atoms with Crippen LogP contribution in [0.5, 0.6) is 0 Å². The predicted molar refractivity (Wildman–Crippen MR) is 153 cm³/mol. The van der Waals surface area contributed by atoms with Crippen LogP contribution in [0.25, 0.3) is 0 Å². The van der Waals surface area contributed by atoms with Gasteiger partial charge in [-0.1, -0.05) is 59.3 Å². The fraction of sp³-hybridized carbons (Fsp3) is 0.706. The Morgan fingerprint density at radius 3 is 2.34 bits per heavy atom. The zero-order valence-corrected chi connectivity index (χ0v) is 24.9. The largest absolute Gasteiger partial charge is 0.504 e. The van der Waals surface area contributed by atoms with Gasteiger partial charge in [0.15, 0.2) is 5.76 Å². The number of allylic oxidation sites excluding steroid dienone is 7. The second-order valence-electron chi connectivity index (χ2n) is 14.8. The minimum Gasteiger partial charge on any atom is -0.504 e. The van der Waals surface area contributed by atoms with Crippen molar-refractivity contribution in [3.63, 3.8) is 0 Å². The minimum absolute atomic E-state index is 0.0595. The van der Waals surface area contributed by atoms with Crippen molar-refractivity contribution in [3.8, 4) is 0 Å². The molecule has 4 aliphatic carbocycles. The van der Waals surface area contributed by atoms with Crippen LogP contribution in [0.4, 0.5) is 0 Å². The number of carbonyl (C=O) groups is 2. The van der Waals surface area contributed by atoms with E-state index >= 15 is 0 Å². The number of hydrogen-bond acceptors (Lipinski definition) is 3. The van der Waals surface area contributed by atoms with Crippen molar-refractivity contribution < 1.29 is 14.7 Å². The summed E-state index contributed by atoms with van der Waals surface area (Å²) in [5.41, 5.74) is 3.99. The fourth-order valence-electron chi connectivity index (χ4n) is 8.96. The van der Waals surface area contributed by atoms with Gasteiger partial charge in [0.1, 0.15) is 0 Å². The van der Waals surface area contributed by atoms with E-state index in [0.717, 1.165) is 82.0 Å². The second-order valence-corrected chi connectivity index (χ2v) is 14.8. The summed E-state index contributed by atoms with van der Waals surface area (Å²) in [7, 11) is 0. The van der Waals surface area contributed by atoms with Crippen molar-refractivity contribution in [1.82, 2.24) is 4.90 Å². The average Bonchev–Trinajstić information content (AvgIpc) is 3.41. The van der Waals surface area contributed by atoms with E-state index in [1.165, 1.54) is 5.57 Å². The van der Waals surface area contributed by atoms with E-state index in [2.05, 4.69) is 58.6 Å². The van der Waals surface area contributed by atoms with Gasteiger partial charge >= 0.3 is 0 Å². The number of rotatable bonds is 1. The number of likely N-dealkylation sites (tertiary alicyclic amines) is 1. The standard InChI is InChI=1S/C34H49NO3/c1-22-12-13-32(5)15-16-33(6,30(38)35-18-8-9-19-35)21-28(32)31(3,4)14-17-34(7)25(22)11-10-24-23(2)29(37)27(36)20-26(24)34/h10-11,20,22,28,37H,8-9,12-19,21H2,1-7H3/t22-,28-,32-,33+,34+/m0/s1. The van der Waals surface area contributed by atoms with Crippen molar-refractivity contribution in [3.05, 3.63) is 46.3 Å². The van der Waals surface area contributed by atoms with E-state index in [9.17, 15) is 14.7 Å². The SMILES string of the molecule is CC1=C(O)C(=O)C=C2C1=CC=C1[C@@H](C)CC[C@@]3(C)CC[C@@](C)(C(=O)N4CCCC4)C[C@H]3C(C)(C)CC[C@@]21C. The van der Waals surface area contributed by atoms with Gasteiger partial charge in [-0.05, 0) is 105 Å². The molecule has 208 valence electrons. The van der Waals surface area contributed by atoms with Crippen molar-refractivity contribution >= 4 is 11.7 Å². The van der Waals surface area contributed by atoms with Gasteiger partial charge in [-0.3, -0.25) is 9.59 Å². The lowest BCUT2D eigenvalue weighted by Gasteiger charge is -2.56. The van der Waals surface area contributed by atoms with Gasteiger partial charge in [0.25, 0.3) is 0 Å². The molecule has 5 rings (SSSR count). The number of hydrogen-bond donors (Lipinski definition) is 1. The molecular weight excluding hydrogens is 470 g/mol. The first kappa shape index (κ1) is 27.5. The summed E-state index contributed by atoms with van der Waals surface area (Å²) in [6, 6.07) is 0. The van der Waals surface area contributed by atoms with Crippen LogP contribution >= 0.6 is 0 Å². The highest BCUT2D eigenvalue weighted by Crippen LogP contribution is 2.62. The Hall–Kier alpha value is -2.10. The molecule has 0 aromatic rings. The van der Waals surface area contributed by atoms with Gasteiger partial charge in [-0.15, -0.1) is 0 Å². The van der Waals surface area contributed by atoms with Crippen molar-refractivity contribution in [2.24, 2.45) is 33.5 Å². The zero-order valence-electron chi connectivity index (χ0n) is 24.9. The number of amides is 1. The van der Waals surface area contributed by atoms with Gasteiger partial charge in [0.2, 0.25) is 11.7 Å². The quantitative estimate of drug-likeness (QED) is 0.383. The Morgan fingerprint density at radius 2 is 1.66 bits per heavy atom. The van der Waals surface area contributed by atoms with Crippen LogP contribution in [-0.4, -0.2) is 34.8 Å².